The number of carbonyl (C=O) groups excluding carboxylic acids is 3. The first-order chi connectivity index (χ1) is 18.0. The van der Waals surface area contributed by atoms with Crippen LogP contribution in [0.5, 0.6) is 0 Å². The number of carboxylic acid groups (broad SMARTS) is 1. The zero-order chi connectivity index (χ0) is 28.2. The molecule has 0 fully saturated rings. The van der Waals surface area contributed by atoms with Crippen LogP contribution in [0.2, 0.25) is 0 Å². The van der Waals surface area contributed by atoms with E-state index in [1.807, 2.05) is 0 Å². The number of nitrogens with one attached hydrogen (secondary N) is 3. The van der Waals surface area contributed by atoms with Crippen molar-refractivity contribution in [3.63, 3.8) is 0 Å². The average Bonchev–Trinajstić information content (AvgIpc) is 2.87. The third-order valence-electron chi connectivity index (χ3n) is 5.54. The maximum atomic E-state index is 13.1. The number of primary amides is 1. The Bertz CT molecular complexity index is 1210. The minimum Gasteiger partial charge on any atom is -0.480 e. The van der Waals surface area contributed by atoms with E-state index in [-0.39, 0.29) is 36.6 Å². The second-order valence-electron chi connectivity index (χ2n) is 8.74. The molecule has 12 nitrogen and oxygen atoms in total. The van der Waals surface area contributed by atoms with Gasteiger partial charge in [-0.05, 0) is 30.5 Å². The molecule has 0 bridgehead atoms. The number of carboxylic acids is 1. The van der Waals surface area contributed by atoms with Crippen LogP contribution >= 0.6 is 0 Å². The molecule has 2 aromatic carbocycles. The molecule has 12 heteroatoms. The Morgan fingerprint density at radius 3 is 2.34 bits per heavy atom. The fourth-order valence-corrected chi connectivity index (χ4v) is 3.54. The lowest BCUT2D eigenvalue weighted by molar-refractivity contribution is -0.385. The smallest absolute Gasteiger partial charge is 0.326 e. The third-order valence-corrected chi connectivity index (χ3v) is 5.54. The van der Waals surface area contributed by atoms with Crippen LogP contribution in [0.3, 0.4) is 0 Å². The number of amides is 3. The summed E-state index contributed by atoms with van der Waals surface area (Å²) in [6.45, 7) is 3.65. The number of para-hydroxylation sites is 2. The van der Waals surface area contributed by atoms with E-state index < -0.39 is 40.7 Å². The van der Waals surface area contributed by atoms with Gasteiger partial charge in [0.05, 0.1) is 16.1 Å². The molecule has 0 spiro atoms. The van der Waals surface area contributed by atoms with Crippen LogP contribution in [0.15, 0.2) is 54.6 Å². The molecule has 2 rings (SSSR count). The van der Waals surface area contributed by atoms with Crippen molar-refractivity contribution < 1.29 is 29.2 Å². The topological polar surface area (TPSA) is 194 Å². The number of hydrogen-bond donors (Lipinski definition) is 5. The fraction of sp³-hybridized carbons (Fsp3) is 0.308. The zero-order valence-corrected chi connectivity index (χ0v) is 21.0. The molecule has 38 heavy (non-hydrogen) atoms. The molecule has 0 heterocycles. The summed E-state index contributed by atoms with van der Waals surface area (Å²) in [6.07, 6.45) is 2.88. The number of nitro groups is 1. The van der Waals surface area contributed by atoms with E-state index >= 15 is 0 Å². The van der Waals surface area contributed by atoms with Crippen LogP contribution in [0, 0.1) is 16.0 Å². The van der Waals surface area contributed by atoms with Gasteiger partial charge in [-0.2, -0.15) is 0 Å². The summed E-state index contributed by atoms with van der Waals surface area (Å²) >= 11 is 0. The SMILES string of the molecule is CC(C)[C@H](NC(=O)c1ccccc1NC/C=C/c1ccccc1[N+](=O)[O-])C(=O)N[C@H](CCC(N)=O)C(=O)O. The molecular weight excluding hydrogens is 494 g/mol. The van der Waals surface area contributed by atoms with Crippen LogP contribution < -0.4 is 21.7 Å². The van der Waals surface area contributed by atoms with E-state index in [0.717, 1.165) is 0 Å². The number of rotatable bonds is 14. The Morgan fingerprint density at radius 1 is 1.05 bits per heavy atom. The van der Waals surface area contributed by atoms with Gasteiger partial charge in [0.25, 0.3) is 11.6 Å². The molecule has 2 atom stereocenters. The van der Waals surface area contributed by atoms with E-state index in [1.165, 1.54) is 6.07 Å². The lowest BCUT2D eigenvalue weighted by atomic mass is 10.0. The van der Waals surface area contributed by atoms with Gasteiger partial charge >= 0.3 is 5.97 Å². The molecule has 0 unspecified atom stereocenters. The van der Waals surface area contributed by atoms with Crippen molar-refractivity contribution in [3.05, 3.63) is 75.8 Å². The summed E-state index contributed by atoms with van der Waals surface area (Å²) in [5, 5.41) is 28.6. The number of benzene rings is 2. The van der Waals surface area contributed by atoms with E-state index in [9.17, 15) is 34.4 Å². The first kappa shape index (κ1) is 29.5. The maximum Gasteiger partial charge on any atom is 0.326 e. The van der Waals surface area contributed by atoms with Gasteiger partial charge in [-0.15, -0.1) is 0 Å². The summed E-state index contributed by atoms with van der Waals surface area (Å²) < 4.78 is 0. The van der Waals surface area contributed by atoms with Crippen molar-refractivity contribution in [2.45, 2.75) is 38.8 Å². The molecule has 0 aliphatic heterocycles. The Hall–Kier alpha value is -4.74. The van der Waals surface area contributed by atoms with Gasteiger partial charge in [0.2, 0.25) is 11.8 Å². The van der Waals surface area contributed by atoms with Crippen molar-refractivity contribution in [1.29, 1.82) is 0 Å². The van der Waals surface area contributed by atoms with Crippen molar-refractivity contribution in [1.82, 2.24) is 10.6 Å². The summed E-state index contributed by atoms with van der Waals surface area (Å²) in [6, 6.07) is 10.5. The van der Waals surface area contributed by atoms with Crippen molar-refractivity contribution in [2.24, 2.45) is 11.7 Å². The number of nitrogens with zero attached hydrogens (tertiary/aromatic N) is 1. The lowest BCUT2D eigenvalue weighted by Gasteiger charge is -2.24. The molecule has 6 N–H and O–H groups in total. The van der Waals surface area contributed by atoms with E-state index in [0.29, 0.717) is 11.3 Å². The predicted molar refractivity (Wildman–Crippen MR) is 141 cm³/mol. The third kappa shape index (κ3) is 8.73. The largest absolute Gasteiger partial charge is 0.480 e. The van der Waals surface area contributed by atoms with Gasteiger partial charge in [-0.3, -0.25) is 24.5 Å². The zero-order valence-electron chi connectivity index (χ0n) is 21.0. The fourth-order valence-electron chi connectivity index (χ4n) is 3.54. The second kappa shape index (κ2) is 14.1. The molecule has 3 amide bonds. The number of carbonyl (C=O) groups is 4. The molecule has 0 aromatic heterocycles. The number of nitrogens with two attached hydrogens (primary N) is 1. The Labute approximate surface area is 219 Å². The number of aliphatic carboxylic acids is 1. The molecule has 0 saturated heterocycles. The summed E-state index contributed by atoms with van der Waals surface area (Å²) in [5.41, 5.74) is 6.19. The summed E-state index contributed by atoms with van der Waals surface area (Å²) in [7, 11) is 0. The normalized spacial score (nSPS) is 12.5. The first-order valence-electron chi connectivity index (χ1n) is 11.9. The van der Waals surface area contributed by atoms with Gasteiger partial charge < -0.3 is 26.8 Å². The standard InChI is InChI=1S/C26H31N5O7/c1-16(2)23(25(34)29-20(26(35)36)13-14-22(27)32)30-24(33)18-10-4-5-11-19(18)28-15-7-9-17-8-3-6-12-21(17)31(37)38/h3-12,16,20,23,28H,13-15H2,1-2H3,(H2,27,32)(H,29,34)(H,30,33)(H,35,36)/b9-7+/t20-,23+/m1/s1. The minimum atomic E-state index is -1.34. The van der Waals surface area contributed by atoms with Crippen LogP contribution in [0.25, 0.3) is 6.08 Å². The highest BCUT2D eigenvalue weighted by atomic mass is 16.6. The first-order valence-corrected chi connectivity index (χ1v) is 11.9. The van der Waals surface area contributed by atoms with Crippen LogP contribution in [-0.2, 0) is 14.4 Å². The molecule has 202 valence electrons. The number of anilines is 1. The van der Waals surface area contributed by atoms with Crippen molar-refractivity contribution in [3.8, 4) is 0 Å². The monoisotopic (exact) mass is 525 g/mol. The highest BCUT2D eigenvalue weighted by Crippen LogP contribution is 2.20. The van der Waals surface area contributed by atoms with Gasteiger partial charge in [-0.1, -0.05) is 50.3 Å². The Morgan fingerprint density at radius 2 is 1.71 bits per heavy atom. The van der Waals surface area contributed by atoms with Crippen LogP contribution in [0.4, 0.5) is 11.4 Å². The highest BCUT2D eigenvalue weighted by molar-refractivity contribution is 6.02. The van der Waals surface area contributed by atoms with Gasteiger partial charge in [-0.25, -0.2) is 4.79 Å². The van der Waals surface area contributed by atoms with E-state index in [1.54, 1.807) is 68.5 Å². The lowest BCUT2D eigenvalue weighted by Crippen LogP contribution is -2.53. The summed E-state index contributed by atoms with van der Waals surface area (Å²) in [4.78, 5) is 59.1. The van der Waals surface area contributed by atoms with Gasteiger partial charge in [0.1, 0.15) is 12.1 Å². The van der Waals surface area contributed by atoms with Crippen molar-refractivity contribution >= 4 is 41.1 Å². The van der Waals surface area contributed by atoms with E-state index in [2.05, 4.69) is 16.0 Å². The molecule has 0 aliphatic rings. The van der Waals surface area contributed by atoms with Gasteiger partial charge in [0.15, 0.2) is 0 Å². The molecule has 0 saturated carbocycles. The highest BCUT2D eigenvalue weighted by Gasteiger charge is 2.29. The second-order valence-corrected chi connectivity index (χ2v) is 8.74. The molecular formula is C26H31N5O7. The average molecular weight is 526 g/mol. The quantitative estimate of drug-likeness (QED) is 0.183. The molecule has 2 aromatic rings. The predicted octanol–water partition coefficient (Wildman–Crippen LogP) is 2.31. The molecule has 0 aliphatic carbocycles. The Balaban J connectivity index is 2.10. The summed E-state index contributed by atoms with van der Waals surface area (Å²) in [5.74, 6) is -3.66. The number of nitro benzene ring substituents is 1. The number of hydrogen-bond acceptors (Lipinski definition) is 7. The van der Waals surface area contributed by atoms with Crippen molar-refractivity contribution in [2.75, 3.05) is 11.9 Å². The van der Waals surface area contributed by atoms with Crippen LogP contribution in [0.1, 0.15) is 42.6 Å². The minimum absolute atomic E-state index is 0.0266. The van der Waals surface area contributed by atoms with E-state index in [4.69, 9.17) is 5.73 Å². The molecule has 0 radical (unpaired) electrons. The van der Waals surface area contributed by atoms with Gasteiger partial charge in [0, 0.05) is 24.7 Å². The van der Waals surface area contributed by atoms with Crippen LogP contribution in [-0.4, -0.2) is 52.3 Å². The Kier molecular flexibility index (Phi) is 11.0. The maximum absolute atomic E-state index is 13.1.